The number of nitrogens with one attached hydrogen (secondary N) is 2. The molecule has 0 aromatic heterocycles. The second-order valence-corrected chi connectivity index (χ2v) is 2.99. The molecule has 2 N–H and O–H groups in total. The first-order valence-electron chi connectivity index (χ1n) is 5.37. The second kappa shape index (κ2) is 7.90. The fourth-order valence-corrected chi connectivity index (χ4v) is 1.47. The van der Waals surface area contributed by atoms with Gasteiger partial charge in [-0.05, 0) is 19.8 Å². The highest BCUT2D eigenvalue weighted by Crippen LogP contribution is 2.17. The SMILES string of the molecule is CC.CCNC(=O)NC1CCCC1. The summed E-state index contributed by atoms with van der Waals surface area (Å²) in [6.45, 7) is 6.63. The molecule has 0 radical (unpaired) electrons. The molecule has 3 heteroatoms. The van der Waals surface area contributed by atoms with Crippen molar-refractivity contribution in [3.63, 3.8) is 0 Å². The van der Waals surface area contributed by atoms with Crippen LogP contribution in [0.3, 0.4) is 0 Å². The van der Waals surface area contributed by atoms with Crippen molar-refractivity contribution in [2.24, 2.45) is 0 Å². The molecule has 78 valence electrons. The zero-order chi connectivity index (χ0) is 10.1. The van der Waals surface area contributed by atoms with Crippen molar-refractivity contribution < 1.29 is 4.79 Å². The number of rotatable bonds is 2. The van der Waals surface area contributed by atoms with Gasteiger partial charge >= 0.3 is 6.03 Å². The predicted molar refractivity (Wildman–Crippen MR) is 55.8 cm³/mol. The van der Waals surface area contributed by atoms with Gasteiger partial charge in [0.15, 0.2) is 0 Å². The van der Waals surface area contributed by atoms with E-state index in [1.165, 1.54) is 12.8 Å². The van der Waals surface area contributed by atoms with Crippen LogP contribution in [0.4, 0.5) is 4.79 Å². The number of carbonyl (C=O) groups is 1. The van der Waals surface area contributed by atoms with E-state index in [-0.39, 0.29) is 6.03 Å². The third kappa shape index (κ3) is 5.50. The minimum absolute atomic E-state index is 0.0144. The van der Waals surface area contributed by atoms with Crippen molar-refractivity contribution in [3.05, 3.63) is 0 Å². The van der Waals surface area contributed by atoms with Gasteiger partial charge in [-0.1, -0.05) is 26.7 Å². The molecule has 0 aromatic carbocycles. The Labute approximate surface area is 81.3 Å². The third-order valence-corrected chi connectivity index (χ3v) is 2.03. The summed E-state index contributed by atoms with van der Waals surface area (Å²) in [5, 5.41) is 5.65. The summed E-state index contributed by atoms with van der Waals surface area (Å²) < 4.78 is 0. The molecule has 0 spiro atoms. The molecule has 1 rings (SSSR count). The van der Waals surface area contributed by atoms with E-state index in [1.807, 2.05) is 20.8 Å². The molecule has 0 aromatic rings. The molecule has 13 heavy (non-hydrogen) atoms. The van der Waals surface area contributed by atoms with Gasteiger partial charge in [0.2, 0.25) is 0 Å². The van der Waals surface area contributed by atoms with Crippen LogP contribution in [0.15, 0.2) is 0 Å². The number of amides is 2. The Morgan fingerprint density at radius 2 is 1.85 bits per heavy atom. The van der Waals surface area contributed by atoms with Crippen LogP contribution in [0.5, 0.6) is 0 Å². The van der Waals surface area contributed by atoms with Gasteiger partial charge in [0, 0.05) is 12.6 Å². The minimum Gasteiger partial charge on any atom is -0.338 e. The van der Waals surface area contributed by atoms with Crippen LogP contribution in [0.2, 0.25) is 0 Å². The van der Waals surface area contributed by atoms with E-state index in [2.05, 4.69) is 10.6 Å². The summed E-state index contributed by atoms with van der Waals surface area (Å²) in [4.78, 5) is 11.0. The maximum Gasteiger partial charge on any atom is 0.314 e. The van der Waals surface area contributed by atoms with Crippen LogP contribution in [0.25, 0.3) is 0 Å². The Balaban J connectivity index is 0.000000671. The summed E-state index contributed by atoms with van der Waals surface area (Å²) in [7, 11) is 0. The Morgan fingerprint density at radius 1 is 1.31 bits per heavy atom. The lowest BCUT2D eigenvalue weighted by Gasteiger charge is -2.11. The molecule has 1 aliphatic carbocycles. The number of carbonyl (C=O) groups excluding carboxylic acids is 1. The van der Waals surface area contributed by atoms with Crippen molar-refractivity contribution in [2.45, 2.75) is 52.5 Å². The predicted octanol–water partition coefficient (Wildman–Crippen LogP) is 2.27. The molecular formula is C10H22N2O. The average Bonchev–Trinajstić information content (AvgIpc) is 2.61. The van der Waals surface area contributed by atoms with Crippen LogP contribution in [0, 0.1) is 0 Å². The highest BCUT2D eigenvalue weighted by atomic mass is 16.2. The van der Waals surface area contributed by atoms with Gasteiger partial charge < -0.3 is 10.6 Å². The van der Waals surface area contributed by atoms with Gasteiger partial charge in [-0.25, -0.2) is 4.79 Å². The molecular weight excluding hydrogens is 164 g/mol. The summed E-state index contributed by atoms with van der Waals surface area (Å²) >= 11 is 0. The normalized spacial score (nSPS) is 15.9. The van der Waals surface area contributed by atoms with Gasteiger partial charge in [0.05, 0.1) is 0 Å². The monoisotopic (exact) mass is 186 g/mol. The smallest absolute Gasteiger partial charge is 0.314 e. The van der Waals surface area contributed by atoms with Crippen LogP contribution < -0.4 is 10.6 Å². The van der Waals surface area contributed by atoms with Gasteiger partial charge in [-0.3, -0.25) is 0 Å². The first-order valence-corrected chi connectivity index (χ1v) is 5.37. The van der Waals surface area contributed by atoms with Gasteiger partial charge in [-0.2, -0.15) is 0 Å². The van der Waals surface area contributed by atoms with Crippen LogP contribution in [-0.4, -0.2) is 18.6 Å². The number of urea groups is 1. The third-order valence-electron chi connectivity index (χ3n) is 2.03. The Bertz CT molecular complexity index is 131. The second-order valence-electron chi connectivity index (χ2n) is 2.99. The molecule has 3 nitrogen and oxygen atoms in total. The summed E-state index contributed by atoms with van der Waals surface area (Å²) in [6, 6.07) is 0.418. The van der Waals surface area contributed by atoms with Crippen molar-refractivity contribution in [3.8, 4) is 0 Å². The van der Waals surface area contributed by atoms with E-state index in [4.69, 9.17) is 0 Å². The molecule has 2 amide bonds. The number of hydrogen-bond acceptors (Lipinski definition) is 1. The van der Waals surface area contributed by atoms with Crippen LogP contribution in [-0.2, 0) is 0 Å². The Morgan fingerprint density at radius 3 is 2.31 bits per heavy atom. The first kappa shape index (κ1) is 12.3. The maximum atomic E-state index is 11.0. The van der Waals surface area contributed by atoms with E-state index in [1.54, 1.807) is 0 Å². The van der Waals surface area contributed by atoms with E-state index < -0.39 is 0 Å². The van der Waals surface area contributed by atoms with E-state index in [9.17, 15) is 4.79 Å². The molecule has 0 unspecified atom stereocenters. The largest absolute Gasteiger partial charge is 0.338 e. The summed E-state index contributed by atoms with van der Waals surface area (Å²) in [5.74, 6) is 0. The van der Waals surface area contributed by atoms with Gasteiger partial charge in [0.25, 0.3) is 0 Å². The summed E-state index contributed by atoms with van der Waals surface area (Å²) in [5.41, 5.74) is 0. The van der Waals surface area contributed by atoms with Crippen molar-refractivity contribution in [1.29, 1.82) is 0 Å². The van der Waals surface area contributed by atoms with E-state index >= 15 is 0 Å². The van der Waals surface area contributed by atoms with Gasteiger partial charge in [-0.15, -0.1) is 0 Å². The lowest BCUT2D eigenvalue weighted by molar-refractivity contribution is 0.237. The average molecular weight is 186 g/mol. The molecule has 1 saturated carbocycles. The molecule has 0 saturated heterocycles. The van der Waals surface area contributed by atoms with Crippen molar-refractivity contribution in [2.75, 3.05) is 6.54 Å². The Hall–Kier alpha value is -0.730. The highest BCUT2D eigenvalue weighted by molar-refractivity contribution is 5.74. The quantitative estimate of drug-likeness (QED) is 0.682. The zero-order valence-electron chi connectivity index (χ0n) is 9.02. The molecule has 1 aliphatic rings. The lowest BCUT2D eigenvalue weighted by Crippen LogP contribution is -2.40. The molecule has 0 heterocycles. The molecule has 0 atom stereocenters. The van der Waals surface area contributed by atoms with E-state index in [0.717, 1.165) is 12.8 Å². The molecule has 0 bridgehead atoms. The highest BCUT2D eigenvalue weighted by Gasteiger charge is 2.15. The van der Waals surface area contributed by atoms with E-state index in [0.29, 0.717) is 12.6 Å². The zero-order valence-corrected chi connectivity index (χ0v) is 9.02. The first-order chi connectivity index (χ1) is 6.33. The van der Waals surface area contributed by atoms with Crippen molar-refractivity contribution >= 4 is 6.03 Å². The maximum absolute atomic E-state index is 11.0. The Kier molecular flexibility index (Phi) is 7.45. The fraction of sp³-hybridized carbons (Fsp3) is 0.900. The summed E-state index contributed by atoms with van der Waals surface area (Å²) in [6.07, 6.45) is 4.82. The standard InChI is InChI=1S/C8H16N2O.C2H6/c1-2-9-8(11)10-7-5-3-4-6-7;1-2/h7H,2-6H2,1H3,(H2,9,10,11);1-2H3. The molecule has 0 aliphatic heterocycles. The number of hydrogen-bond donors (Lipinski definition) is 2. The van der Waals surface area contributed by atoms with Gasteiger partial charge in [0.1, 0.15) is 0 Å². The fourth-order valence-electron chi connectivity index (χ4n) is 1.47. The molecule has 1 fully saturated rings. The topological polar surface area (TPSA) is 41.1 Å². The lowest BCUT2D eigenvalue weighted by atomic mass is 10.3. The van der Waals surface area contributed by atoms with Crippen LogP contribution in [0.1, 0.15) is 46.5 Å². The van der Waals surface area contributed by atoms with Crippen LogP contribution >= 0.6 is 0 Å². The minimum atomic E-state index is -0.0144. The van der Waals surface area contributed by atoms with Crippen molar-refractivity contribution in [1.82, 2.24) is 10.6 Å².